The van der Waals surface area contributed by atoms with E-state index in [1.54, 1.807) is 4.90 Å². The molecule has 0 unspecified atom stereocenters. The molecule has 1 atom stereocenters. The van der Waals surface area contributed by atoms with Crippen LogP contribution in [0.15, 0.2) is 6.20 Å². The Kier molecular flexibility index (Phi) is 2.99. The van der Waals surface area contributed by atoms with E-state index in [0.29, 0.717) is 6.04 Å². The Balaban J connectivity index is 2.07. The van der Waals surface area contributed by atoms with Crippen LogP contribution in [0.25, 0.3) is 0 Å². The second-order valence-corrected chi connectivity index (χ2v) is 5.68. The summed E-state index contributed by atoms with van der Waals surface area (Å²) in [5.41, 5.74) is 0.948. The van der Waals surface area contributed by atoms with Crippen molar-refractivity contribution in [3.63, 3.8) is 0 Å². The van der Waals surface area contributed by atoms with E-state index in [0.717, 1.165) is 17.9 Å². The van der Waals surface area contributed by atoms with Gasteiger partial charge >= 0.3 is 0 Å². The average molecular weight is 262 g/mol. The molecule has 1 aromatic heterocycles. The number of hydrogen-bond acceptors (Lipinski definition) is 3. The monoisotopic (exact) mass is 262 g/mol. The van der Waals surface area contributed by atoms with Crippen LogP contribution in [0, 0.1) is 0 Å². The Bertz CT molecular complexity index is 490. The van der Waals surface area contributed by atoms with Crippen LogP contribution in [-0.4, -0.2) is 34.8 Å². The van der Waals surface area contributed by atoms with Crippen molar-refractivity contribution >= 4 is 17.4 Å². The van der Waals surface area contributed by atoms with E-state index >= 15 is 0 Å². The number of nitrogens with zero attached hydrogens (tertiary/aromatic N) is 4. The van der Waals surface area contributed by atoms with Crippen LogP contribution in [0.2, 0.25) is 0 Å². The highest BCUT2D eigenvalue weighted by molar-refractivity contribution is 6.04. The van der Waals surface area contributed by atoms with Crippen molar-refractivity contribution in [2.75, 3.05) is 16.8 Å². The molecular weight excluding hydrogens is 240 g/mol. The van der Waals surface area contributed by atoms with Crippen LogP contribution in [0.5, 0.6) is 0 Å². The number of anilines is 2. The summed E-state index contributed by atoms with van der Waals surface area (Å²) in [4.78, 5) is 16.6. The summed E-state index contributed by atoms with van der Waals surface area (Å²) < 4.78 is 1.81. The quantitative estimate of drug-likeness (QED) is 0.817. The Morgan fingerprint density at radius 2 is 2.00 bits per heavy atom. The molecule has 1 saturated carbocycles. The Labute approximate surface area is 114 Å². The topological polar surface area (TPSA) is 41.4 Å². The molecule has 1 amide bonds. The highest BCUT2D eigenvalue weighted by atomic mass is 16.2. The molecule has 3 rings (SSSR count). The van der Waals surface area contributed by atoms with E-state index in [1.807, 2.05) is 25.0 Å². The maximum Gasteiger partial charge on any atom is 0.249 e. The first-order chi connectivity index (χ1) is 9.13. The highest BCUT2D eigenvalue weighted by Crippen LogP contribution is 2.39. The van der Waals surface area contributed by atoms with E-state index in [2.05, 4.69) is 16.9 Å². The molecule has 1 aliphatic heterocycles. The van der Waals surface area contributed by atoms with Crippen molar-refractivity contribution in [3.8, 4) is 0 Å². The minimum atomic E-state index is -0.0458. The molecule has 5 heteroatoms. The SMILES string of the molecule is CC[C@@H]1C(=O)N(C)c2cn(C)nc2N1C1CCCC1. The first kappa shape index (κ1) is 12.5. The molecule has 5 nitrogen and oxygen atoms in total. The second kappa shape index (κ2) is 4.54. The number of carbonyl (C=O) groups is 1. The summed E-state index contributed by atoms with van der Waals surface area (Å²) in [7, 11) is 3.78. The molecule has 104 valence electrons. The van der Waals surface area contributed by atoms with Crippen LogP contribution < -0.4 is 9.80 Å². The van der Waals surface area contributed by atoms with Crippen molar-refractivity contribution < 1.29 is 4.79 Å². The van der Waals surface area contributed by atoms with Crippen LogP contribution in [0.1, 0.15) is 39.0 Å². The van der Waals surface area contributed by atoms with E-state index in [1.165, 1.54) is 25.7 Å². The third-order valence-corrected chi connectivity index (χ3v) is 4.45. The fourth-order valence-electron chi connectivity index (χ4n) is 3.47. The molecule has 1 aliphatic carbocycles. The van der Waals surface area contributed by atoms with Gasteiger partial charge in [0.05, 0.1) is 6.20 Å². The van der Waals surface area contributed by atoms with Crippen LogP contribution in [-0.2, 0) is 11.8 Å². The molecule has 19 heavy (non-hydrogen) atoms. The van der Waals surface area contributed by atoms with Gasteiger partial charge in [-0.3, -0.25) is 9.48 Å². The maximum atomic E-state index is 12.5. The van der Waals surface area contributed by atoms with Gasteiger partial charge in [-0.2, -0.15) is 5.10 Å². The molecule has 2 heterocycles. The second-order valence-electron chi connectivity index (χ2n) is 5.68. The third kappa shape index (κ3) is 1.83. The van der Waals surface area contributed by atoms with Crippen molar-refractivity contribution in [1.82, 2.24) is 9.78 Å². The highest BCUT2D eigenvalue weighted by Gasteiger charge is 2.41. The lowest BCUT2D eigenvalue weighted by Crippen LogP contribution is -2.55. The van der Waals surface area contributed by atoms with E-state index < -0.39 is 0 Å². The molecule has 1 aromatic rings. The Hall–Kier alpha value is -1.52. The predicted molar refractivity (Wildman–Crippen MR) is 75.4 cm³/mol. The lowest BCUT2D eigenvalue weighted by Gasteiger charge is -2.42. The summed E-state index contributed by atoms with van der Waals surface area (Å²) >= 11 is 0. The average Bonchev–Trinajstić information content (AvgIpc) is 3.02. The van der Waals surface area contributed by atoms with Crippen molar-refractivity contribution in [2.45, 2.75) is 51.1 Å². The molecule has 0 spiro atoms. The Morgan fingerprint density at radius 3 is 2.63 bits per heavy atom. The normalized spacial score (nSPS) is 24.2. The van der Waals surface area contributed by atoms with Gasteiger partial charge in [0.1, 0.15) is 11.7 Å². The molecule has 0 N–H and O–H groups in total. The van der Waals surface area contributed by atoms with E-state index in [-0.39, 0.29) is 11.9 Å². The van der Waals surface area contributed by atoms with Gasteiger partial charge in [0, 0.05) is 20.1 Å². The number of hydrogen-bond donors (Lipinski definition) is 0. The number of fused-ring (bicyclic) bond motifs is 1. The summed E-state index contributed by atoms with van der Waals surface area (Å²) in [6, 6.07) is 0.437. The zero-order chi connectivity index (χ0) is 13.6. The zero-order valence-corrected chi connectivity index (χ0v) is 12.0. The molecule has 0 aromatic carbocycles. The maximum absolute atomic E-state index is 12.5. The number of carbonyl (C=O) groups excluding carboxylic acids is 1. The standard InChI is InChI=1S/C14H22N4O/c1-4-11-14(19)17(3)12-9-16(2)15-13(12)18(11)10-7-5-6-8-10/h9-11H,4-8H2,1-3H3/t11-/m1/s1. The molecule has 0 saturated heterocycles. The van der Waals surface area contributed by atoms with Gasteiger partial charge in [0.25, 0.3) is 0 Å². The van der Waals surface area contributed by atoms with Crippen LogP contribution in [0.3, 0.4) is 0 Å². The number of amides is 1. The third-order valence-electron chi connectivity index (χ3n) is 4.45. The molecular formula is C14H22N4O. The van der Waals surface area contributed by atoms with Crippen molar-refractivity contribution in [1.29, 1.82) is 0 Å². The van der Waals surface area contributed by atoms with Crippen molar-refractivity contribution in [2.24, 2.45) is 7.05 Å². The first-order valence-corrected chi connectivity index (χ1v) is 7.23. The molecule has 1 fully saturated rings. The van der Waals surface area contributed by atoms with E-state index in [4.69, 9.17) is 0 Å². The van der Waals surface area contributed by atoms with Gasteiger partial charge in [0.15, 0.2) is 5.82 Å². The summed E-state index contributed by atoms with van der Waals surface area (Å²) in [6.07, 6.45) is 7.69. The van der Waals surface area contributed by atoms with E-state index in [9.17, 15) is 4.79 Å². The first-order valence-electron chi connectivity index (χ1n) is 7.23. The van der Waals surface area contributed by atoms with Gasteiger partial charge in [-0.05, 0) is 19.3 Å². The van der Waals surface area contributed by atoms with Crippen LogP contribution in [0.4, 0.5) is 11.5 Å². The number of likely N-dealkylation sites (N-methyl/N-ethyl adjacent to an activating group) is 1. The largest absolute Gasteiger partial charge is 0.338 e. The predicted octanol–water partition coefficient (Wildman–Crippen LogP) is 1.92. The molecule has 0 radical (unpaired) electrons. The molecule has 0 bridgehead atoms. The number of aromatic nitrogens is 2. The van der Waals surface area contributed by atoms with Gasteiger partial charge in [-0.15, -0.1) is 0 Å². The lowest BCUT2D eigenvalue weighted by molar-refractivity contribution is -0.120. The van der Waals surface area contributed by atoms with Gasteiger partial charge in [-0.1, -0.05) is 19.8 Å². The minimum absolute atomic E-state index is 0.0458. The lowest BCUT2D eigenvalue weighted by atomic mass is 10.0. The van der Waals surface area contributed by atoms with Gasteiger partial charge in [0.2, 0.25) is 5.91 Å². The fourth-order valence-corrected chi connectivity index (χ4v) is 3.47. The van der Waals surface area contributed by atoms with Crippen molar-refractivity contribution in [3.05, 3.63) is 6.20 Å². The molecule has 2 aliphatic rings. The summed E-state index contributed by atoms with van der Waals surface area (Å²) in [5.74, 6) is 1.19. The smallest absolute Gasteiger partial charge is 0.249 e. The van der Waals surface area contributed by atoms with Gasteiger partial charge in [-0.25, -0.2) is 0 Å². The Morgan fingerprint density at radius 1 is 1.32 bits per heavy atom. The fraction of sp³-hybridized carbons (Fsp3) is 0.714. The zero-order valence-electron chi connectivity index (χ0n) is 12.0. The number of aryl methyl sites for hydroxylation is 1. The number of rotatable bonds is 2. The van der Waals surface area contributed by atoms with Gasteiger partial charge < -0.3 is 9.80 Å². The summed E-state index contributed by atoms with van der Waals surface area (Å²) in [6.45, 7) is 2.09. The minimum Gasteiger partial charge on any atom is -0.338 e. The summed E-state index contributed by atoms with van der Waals surface area (Å²) in [5, 5.41) is 4.61. The van der Waals surface area contributed by atoms with Crippen LogP contribution >= 0.6 is 0 Å².